The Balaban J connectivity index is 2.21. The number of benzene rings is 2. The van der Waals surface area contributed by atoms with Crippen LogP contribution in [0, 0.1) is 10.1 Å². The van der Waals surface area contributed by atoms with E-state index < -0.39 is 10.2 Å². The first-order chi connectivity index (χ1) is 11.4. The van der Waals surface area contributed by atoms with Gasteiger partial charge in [0.25, 0.3) is 10.9 Å². The predicted molar refractivity (Wildman–Crippen MR) is 90.4 cm³/mol. The molecule has 0 atom stereocenters. The van der Waals surface area contributed by atoms with Crippen molar-refractivity contribution in [3.63, 3.8) is 0 Å². The smallest absolute Gasteiger partial charge is 0.271 e. The largest absolute Gasteiger partial charge is 0.484 e. The van der Waals surface area contributed by atoms with Gasteiger partial charge in [-0.25, -0.2) is 0 Å². The molecule has 0 radical (unpaired) electrons. The lowest BCUT2D eigenvalue weighted by molar-refractivity contribution is -0.384. The van der Waals surface area contributed by atoms with Gasteiger partial charge in [-0.1, -0.05) is 18.5 Å². The van der Waals surface area contributed by atoms with E-state index in [2.05, 4.69) is 0 Å². The monoisotopic (exact) mass is 369 g/mol. The number of carbonyl (C=O) groups is 1. The van der Waals surface area contributed by atoms with Crippen molar-refractivity contribution in [2.24, 2.45) is 0 Å². The first-order valence-electron chi connectivity index (χ1n) is 6.96. The zero-order valence-electron chi connectivity index (χ0n) is 12.6. The molecule has 2 aromatic rings. The first kappa shape index (κ1) is 18.0. The minimum absolute atomic E-state index is 0.115. The number of carbonyl (C=O) groups excluding carboxylic acids is 1. The highest BCUT2D eigenvalue weighted by Crippen LogP contribution is 2.34. The van der Waals surface area contributed by atoms with Crippen molar-refractivity contribution in [1.29, 1.82) is 0 Å². The van der Waals surface area contributed by atoms with Crippen molar-refractivity contribution in [3.8, 4) is 17.2 Å². The second-order valence-electron chi connectivity index (χ2n) is 4.74. The quantitative estimate of drug-likeness (QED) is 0.399. The number of hydrogen-bond acceptors (Lipinski definition) is 5. The van der Waals surface area contributed by atoms with Gasteiger partial charge in [0, 0.05) is 12.1 Å². The molecule has 0 aliphatic carbocycles. The third-order valence-corrected chi connectivity index (χ3v) is 3.51. The van der Waals surface area contributed by atoms with Crippen molar-refractivity contribution >= 4 is 34.1 Å². The van der Waals surface area contributed by atoms with Crippen LogP contribution in [0.3, 0.4) is 0 Å². The maximum atomic E-state index is 10.8. The van der Waals surface area contributed by atoms with Crippen LogP contribution in [0.2, 0.25) is 5.02 Å². The van der Waals surface area contributed by atoms with Crippen LogP contribution >= 0.6 is 23.2 Å². The number of nitro groups is 1. The first-order valence-corrected chi connectivity index (χ1v) is 7.72. The molecule has 0 spiro atoms. The lowest BCUT2D eigenvalue weighted by Crippen LogP contribution is -2.06. The fraction of sp³-hybridized carbons (Fsp3) is 0.188. The van der Waals surface area contributed by atoms with Gasteiger partial charge in [0.15, 0.2) is 6.61 Å². The molecule has 0 aliphatic heterocycles. The van der Waals surface area contributed by atoms with E-state index in [0.717, 1.165) is 5.56 Å². The van der Waals surface area contributed by atoms with Gasteiger partial charge in [-0.2, -0.15) is 0 Å². The van der Waals surface area contributed by atoms with E-state index in [-0.39, 0.29) is 17.3 Å². The number of ether oxygens (including phenoxy) is 2. The van der Waals surface area contributed by atoms with E-state index in [4.69, 9.17) is 32.7 Å². The van der Waals surface area contributed by atoms with E-state index in [9.17, 15) is 14.9 Å². The number of aryl methyl sites for hydroxylation is 1. The minimum atomic E-state index is -0.588. The molecule has 0 saturated carbocycles. The Hall–Kier alpha value is -2.31. The van der Waals surface area contributed by atoms with Crippen LogP contribution in [-0.2, 0) is 11.2 Å². The fourth-order valence-corrected chi connectivity index (χ4v) is 2.25. The summed E-state index contributed by atoms with van der Waals surface area (Å²) in [6.45, 7) is 1.70. The van der Waals surface area contributed by atoms with Gasteiger partial charge in [0.1, 0.15) is 17.2 Å². The van der Waals surface area contributed by atoms with Crippen molar-refractivity contribution in [3.05, 3.63) is 57.1 Å². The molecule has 0 aromatic heterocycles. The number of hydrogen-bond donors (Lipinski definition) is 0. The van der Waals surface area contributed by atoms with E-state index in [0.29, 0.717) is 23.7 Å². The highest BCUT2D eigenvalue weighted by Gasteiger charge is 2.12. The molecular formula is C16H13Cl2NO5. The van der Waals surface area contributed by atoms with E-state index in [1.807, 2.05) is 6.92 Å². The number of nitrogens with zero attached hydrogens (tertiary/aromatic N) is 1. The summed E-state index contributed by atoms with van der Waals surface area (Å²) in [6, 6.07) is 9.01. The van der Waals surface area contributed by atoms with Crippen LogP contribution in [-0.4, -0.2) is 16.8 Å². The molecule has 0 heterocycles. The standard InChI is InChI=1S/C16H13Cl2NO5/c1-2-10-7-12(4-6-14(10)23-9-16(18)20)24-15-5-3-11(19(21)22)8-13(15)17/h3-8H,2,9H2,1H3. The van der Waals surface area contributed by atoms with Gasteiger partial charge in [-0.3, -0.25) is 14.9 Å². The van der Waals surface area contributed by atoms with Crippen molar-refractivity contribution < 1.29 is 19.2 Å². The summed E-state index contributed by atoms with van der Waals surface area (Å²) in [4.78, 5) is 21.0. The molecule has 0 fully saturated rings. The summed E-state index contributed by atoms with van der Waals surface area (Å²) in [5.41, 5.74) is 0.708. The summed E-state index contributed by atoms with van der Waals surface area (Å²) in [5, 5.41) is 10.3. The highest BCUT2D eigenvalue weighted by molar-refractivity contribution is 6.63. The molecule has 2 rings (SSSR count). The van der Waals surface area contributed by atoms with Gasteiger partial charge in [-0.15, -0.1) is 0 Å². The lowest BCUT2D eigenvalue weighted by atomic mass is 10.1. The topological polar surface area (TPSA) is 78.7 Å². The normalized spacial score (nSPS) is 10.3. The third kappa shape index (κ3) is 4.59. The Kier molecular flexibility index (Phi) is 6.00. The number of rotatable bonds is 7. The molecule has 0 unspecified atom stereocenters. The Labute approximate surface area is 148 Å². The van der Waals surface area contributed by atoms with Gasteiger partial charge in [0.2, 0.25) is 0 Å². The molecule has 0 aliphatic rings. The average Bonchev–Trinajstić information content (AvgIpc) is 2.55. The Bertz CT molecular complexity index is 779. The molecule has 24 heavy (non-hydrogen) atoms. The van der Waals surface area contributed by atoms with Crippen LogP contribution in [0.25, 0.3) is 0 Å². The minimum Gasteiger partial charge on any atom is -0.484 e. The Morgan fingerprint density at radius 2 is 1.92 bits per heavy atom. The molecule has 0 amide bonds. The second kappa shape index (κ2) is 7.99. The molecular weight excluding hydrogens is 357 g/mol. The molecule has 8 heteroatoms. The van der Waals surface area contributed by atoms with Crippen LogP contribution in [0.4, 0.5) is 5.69 Å². The zero-order valence-corrected chi connectivity index (χ0v) is 14.1. The SMILES string of the molecule is CCc1cc(Oc2ccc([N+](=O)[O-])cc2Cl)ccc1OCC(=O)Cl. The number of non-ortho nitro benzene ring substituents is 1. The lowest BCUT2D eigenvalue weighted by Gasteiger charge is -2.12. The van der Waals surface area contributed by atoms with Crippen molar-refractivity contribution in [1.82, 2.24) is 0 Å². The number of nitro benzene ring substituents is 1. The molecule has 126 valence electrons. The predicted octanol–water partition coefficient (Wildman–Crippen LogP) is 4.75. The van der Waals surface area contributed by atoms with Crippen LogP contribution in [0.1, 0.15) is 12.5 Å². The molecule has 0 saturated heterocycles. The van der Waals surface area contributed by atoms with Crippen LogP contribution in [0.15, 0.2) is 36.4 Å². The van der Waals surface area contributed by atoms with Gasteiger partial charge >= 0.3 is 0 Å². The van der Waals surface area contributed by atoms with Crippen molar-refractivity contribution in [2.75, 3.05) is 6.61 Å². The molecule has 0 N–H and O–H groups in total. The average molecular weight is 370 g/mol. The van der Waals surface area contributed by atoms with Crippen LogP contribution < -0.4 is 9.47 Å². The third-order valence-electron chi connectivity index (χ3n) is 3.11. The van der Waals surface area contributed by atoms with Crippen LogP contribution in [0.5, 0.6) is 17.2 Å². The molecule has 2 aromatic carbocycles. The molecule has 6 nitrogen and oxygen atoms in total. The summed E-state index contributed by atoms with van der Waals surface area (Å²) >= 11 is 11.3. The summed E-state index contributed by atoms with van der Waals surface area (Å²) in [5.74, 6) is 1.33. The second-order valence-corrected chi connectivity index (χ2v) is 5.57. The zero-order chi connectivity index (χ0) is 17.7. The summed E-state index contributed by atoms with van der Waals surface area (Å²) in [7, 11) is 0. The van der Waals surface area contributed by atoms with E-state index in [1.165, 1.54) is 18.2 Å². The van der Waals surface area contributed by atoms with Gasteiger partial charge in [0.05, 0.1) is 9.95 Å². The van der Waals surface area contributed by atoms with E-state index in [1.54, 1.807) is 18.2 Å². The summed E-state index contributed by atoms with van der Waals surface area (Å²) < 4.78 is 11.0. The Morgan fingerprint density at radius 1 is 1.21 bits per heavy atom. The number of halogens is 2. The Morgan fingerprint density at radius 3 is 2.50 bits per heavy atom. The van der Waals surface area contributed by atoms with Gasteiger partial charge < -0.3 is 9.47 Å². The van der Waals surface area contributed by atoms with Crippen molar-refractivity contribution in [2.45, 2.75) is 13.3 Å². The maximum Gasteiger partial charge on any atom is 0.271 e. The van der Waals surface area contributed by atoms with Gasteiger partial charge in [-0.05, 0) is 47.9 Å². The maximum absolute atomic E-state index is 10.8. The fourth-order valence-electron chi connectivity index (χ4n) is 1.98. The highest BCUT2D eigenvalue weighted by atomic mass is 35.5. The summed E-state index contributed by atoms with van der Waals surface area (Å²) in [6.07, 6.45) is 0.650. The molecule has 0 bridgehead atoms. The van der Waals surface area contributed by atoms with E-state index >= 15 is 0 Å².